The number of rotatable bonds is 5. The summed E-state index contributed by atoms with van der Waals surface area (Å²) in [4.78, 5) is 15.2. The molecule has 0 unspecified atom stereocenters. The Morgan fingerprint density at radius 1 is 1.35 bits per heavy atom. The SMILES string of the molecule is C[C@@H](NC(=O)[C@H]1CCN(C)[C@@H](C)C1)[C@H](c1ccccc1Cl)n1cccn1. The molecular weight excluding hydrogens is 348 g/mol. The van der Waals surface area contributed by atoms with E-state index in [1.807, 2.05) is 48.1 Å². The van der Waals surface area contributed by atoms with Crippen molar-refractivity contribution in [3.8, 4) is 0 Å². The van der Waals surface area contributed by atoms with Gasteiger partial charge in [0.2, 0.25) is 5.91 Å². The number of hydrogen-bond donors (Lipinski definition) is 1. The number of halogens is 1. The van der Waals surface area contributed by atoms with Gasteiger partial charge in [-0.25, -0.2) is 0 Å². The molecule has 1 saturated heterocycles. The van der Waals surface area contributed by atoms with Crippen molar-refractivity contribution in [2.24, 2.45) is 5.92 Å². The predicted octanol–water partition coefficient (Wildman–Crippen LogP) is 3.36. The second-order valence-electron chi connectivity index (χ2n) is 7.30. The first-order valence-electron chi connectivity index (χ1n) is 9.21. The van der Waals surface area contributed by atoms with Gasteiger partial charge in [-0.2, -0.15) is 5.10 Å². The molecule has 1 fully saturated rings. The number of nitrogens with zero attached hydrogens (tertiary/aromatic N) is 3. The molecule has 26 heavy (non-hydrogen) atoms. The summed E-state index contributed by atoms with van der Waals surface area (Å²) in [5.41, 5.74) is 0.961. The number of benzene rings is 1. The van der Waals surface area contributed by atoms with Crippen LogP contribution in [0.4, 0.5) is 0 Å². The zero-order chi connectivity index (χ0) is 18.7. The highest BCUT2D eigenvalue weighted by molar-refractivity contribution is 6.31. The zero-order valence-corrected chi connectivity index (χ0v) is 16.4. The molecule has 6 heteroatoms. The first-order chi connectivity index (χ1) is 12.5. The van der Waals surface area contributed by atoms with Crippen LogP contribution in [0.5, 0.6) is 0 Å². The minimum Gasteiger partial charge on any atom is -0.351 e. The number of amides is 1. The molecule has 1 aliphatic rings. The zero-order valence-electron chi connectivity index (χ0n) is 15.6. The van der Waals surface area contributed by atoms with Crippen molar-refractivity contribution in [3.05, 3.63) is 53.3 Å². The van der Waals surface area contributed by atoms with Crippen LogP contribution in [0.25, 0.3) is 0 Å². The summed E-state index contributed by atoms with van der Waals surface area (Å²) >= 11 is 6.44. The molecule has 0 aliphatic carbocycles. The standard InChI is InChI=1S/C20H27ClN4O/c1-14-13-16(9-12-24(14)3)20(26)23-15(2)19(25-11-6-10-22-25)17-7-4-5-8-18(17)21/h4-8,10-11,14-16,19H,9,12-13H2,1-3H3,(H,23,26)/t14-,15+,16-,19+/m0/s1. The lowest BCUT2D eigenvalue weighted by Crippen LogP contribution is -2.47. The summed E-state index contributed by atoms with van der Waals surface area (Å²) in [5, 5.41) is 8.30. The number of nitrogens with one attached hydrogen (secondary N) is 1. The molecule has 1 N–H and O–H groups in total. The van der Waals surface area contributed by atoms with Crippen LogP contribution in [-0.4, -0.2) is 46.3 Å². The number of aromatic nitrogens is 2. The fraction of sp³-hybridized carbons (Fsp3) is 0.500. The summed E-state index contributed by atoms with van der Waals surface area (Å²) in [7, 11) is 2.12. The predicted molar refractivity (Wildman–Crippen MR) is 104 cm³/mol. The van der Waals surface area contributed by atoms with E-state index in [-0.39, 0.29) is 23.9 Å². The molecule has 1 amide bonds. The first-order valence-corrected chi connectivity index (χ1v) is 9.59. The fourth-order valence-electron chi connectivity index (χ4n) is 3.75. The van der Waals surface area contributed by atoms with Gasteiger partial charge in [0.1, 0.15) is 0 Å². The van der Waals surface area contributed by atoms with E-state index in [9.17, 15) is 4.79 Å². The molecule has 0 bridgehead atoms. The molecule has 0 saturated carbocycles. The Kier molecular flexibility index (Phi) is 5.99. The molecular formula is C20H27ClN4O. The van der Waals surface area contributed by atoms with E-state index in [1.54, 1.807) is 6.20 Å². The molecule has 0 radical (unpaired) electrons. The van der Waals surface area contributed by atoms with Crippen LogP contribution < -0.4 is 5.32 Å². The average Bonchev–Trinajstić information content (AvgIpc) is 3.13. The van der Waals surface area contributed by atoms with Crippen molar-refractivity contribution in [1.82, 2.24) is 20.0 Å². The maximum Gasteiger partial charge on any atom is 0.223 e. The van der Waals surface area contributed by atoms with E-state index in [1.165, 1.54) is 0 Å². The van der Waals surface area contributed by atoms with Gasteiger partial charge in [0.05, 0.1) is 12.1 Å². The van der Waals surface area contributed by atoms with Gasteiger partial charge in [-0.05, 0) is 58.0 Å². The molecule has 4 atom stereocenters. The van der Waals surface area contributed by atoms with Gasteiger partial charge in [0.15, 0.2) is 0 Å². The summed E-state index contributed by atoms with van der Waals surface area (Å²) in [6.45, 7) is 5.16. The fourth-order valence-corrected chi connectivity index (χ4v) is 4.00. The van der Waals surface area contributed by atoms with Crippen molar-refractivity contribution in [1.29, 1.82) is 0 Å². The smallest absolute Gasteiger partial charge is 0.223 e. The topological polar surface area (TPSA) is 50.2 Å². The van der Waals surface area contributed by atoms with E-state index >= 15 is 0 Å². The van der Waals surface area contributed by atoms with E-state index in [0.717, 1.165) is 24.9 Å². The Morgan fingerprint density at radius 2 is 2.12 bits per heavy atom. The molecule has 0 spiro atoms. The normalized spacial score (nSPS) is 23.4. The second-order valence-corrected chi connectivity index (χ2v) is 7.71. The van der Waals surface area contributed by atoms with Gasteiger partial charge in [0, 0.05) is 29.4 Å². The molecule has 140 valence electrons. The van der Waals surface area contributed by atoms with Gasteiger partial charge in [0.25, 0.3) is 0 Å². The Balaban J connectivity index is 1.77. The summed E-state index contributed by atoms with van der Waals surface area (Å²) in [6, 6.07) is 9.79. The lowest BCUT2D eigenvalue weighted by molar-refractivity contribution is -0.127. The van der Waals surface area contributed by atoms with Gasteiger partial charge < -0.3 is 10.2 Å². The lowest BCUT2D eigenvalue weighted by atomic mass is 9.90. The van der Waals surface area contributed by atoms with Crippen LogP contribution >= 0.6 is 11.6 Å². The van der Waals surface area contributed by atoms with E-state index in [4.69, 9.17) is 11.6 Å². The van der Waals surface area contributed by atoms with Crippen LogP contribution in [-0.2, 0) is 4.79 Å². The monoisotopic (exact) mass is 374 g/mol. The Morgan fingerprint density at radius 3 is 2.77 bits per heavy atom. The molecule has 2 heterocycles. The molecule has 3 rings (SSSR count). The molecule has 1 aliphatic heterocycles. The van der Waals surface area contributed by atoms with Gasteiger partial charge in [-0.1, -0.05) is 29.8 Å². The van der Waals surface area contributed by atoms with Crippen molar-refractivity contribution in [2.45, 2.75) is 44.8 Å². The summed E-state index contributed by atoms with van der Waals surface area (Å²) in [5.74, 6) is 0.190. The maximum atomic E-state index is 12.9. The summed E-state index contributed by atoms with van der Waals surface area (Å²) in [6.07, 6.45) is 5.46. The van der Waals surface area contributed by atoms with E-state index in [2.05, 4.69) is 29.3 Å². The van der Waals surface area contributed by atoms with E-state index < -0.39 is 0 Å². The van der Waals surface area contributed by atoms with Gasteiger partial charge in [-0.3, -0.25) is 9.48 Å². The highest BCUT2D eigenvalue weighted by Crippen LogP contribution is 2.29. The Labute approximate surface area is 160 Å². The van der Waals surface area contributed by atoms with Crippen LogP contribution in [0.1, 0.15) is 38.3 Å². The van der Waals surface area contributed by atoms with E-state index in [0.29, 0.717) is 11.1 Å². The minimum absolute atomic E-state index is 0.0631. The number of likely N-dealkylation sites (tertiary alicyclic amines) is 1. The minimum atomic E-state index is -0.147. The van der Waals surface area contributed by atoms with Crippen LogP contribution in [0.3, 0.4) is 0 Å². The second kappa shape index (κ2) is 8.23. The van der Waals surface area contributed by atoms with Crippen LogP contribution in [0.2, 0.25) is 5.02 Å². The van der Waals surface area contributed by atoms with Crippen molar-refractivity contribution in [2.75, 3.05) is 13.6 Å². The average molecular weight is 375 g/mol. The number of piperidine rings is 1. The first kappa shape index (κ1) is 18.9. The largest absolute Gasteiger partial charge is 0.351 e. The van der Waals surface area contributed by atoms with Gasteiger partial charge in [-0.15, -0.1) is 0 Å². The lowest BCUT2D eigenvalue weighted by Gasteiger charge is -2.35. The Hall–Kier alpha value is -1.85. The van der Waals surface area contributed by atoms with Crippen LogP contribution in [0.15, 0.2) is 42.7 Å². The summed E-state index contributed by atoms with van der Waals surface area (Å²) < 4.78 is 1.86. The third-order valence-electron chi connectivity index (χ3n) is 5.46. The number of carbonyl (C=O) groups is 1. The third kappa shape index (κ3) is 4.10. The highest BCUT2D eigenvalue weighted by atomic mass is 35.5. The third-order valence-corrected chi connectivity index (χ3v) is 5.80. The number of hydrogen-bond acceptors (Lipinski definition) is 3. The molecule has 1 aromatic carbocycles. The van der Waals surface area contributed by atoms with Crippen LogP contribution in [0, 0.1) is 5.92 Å². The van der Waals surface area contributed by atoms with Gasteiger partial charge >= 0.3 is 0 Å². The number of carbonyl (C=O) groups excluding carboxylic acids is 1. The molecule has 5 nitrogen and oxygen atoms in total. The van der Waals surface area contributed by atoms with Crippen molar-refractivity contribution >= 4 is 17.5 Å². The molecule has 1 aromatic heterocycles. The maximum absolute atomic E-state index is 12.9. The van der Waals surface area contributed by atoms with Crippen molar-refractivity contribution in [3.63, 3.8) is 0 Å². The molecule has 2 aromatic rings. The Bertz CT molecular complexity index is 733. The quantitative estimate of drug-likeness (QED) is 0.873. The van der Waals surface area contributed by atoms with Crippen molar-refractivity contribution < 1.29 is 4.79 Å². The highest BCUT2D eigenvalue weighted by Gasteiger charge is 2.31.